The number of nitro groups is 1. The minimum Gasteiger partial charge on any atom is -0.267 e. The van der Waals surface area contributed by atoms with Crippen LogP contribution in [0, 0.1) is 10.1 Å². The Morgan fingerprint density at radius 1 is 1.04 bits per heavy atom. The first-order valence-corrected chi connectivity index (χ1v) is 8.59. The van der Waals surface area contributed by atoms with Crippen LogP contribution in [0.5, 0.6) is 0 Å². The number of rotatable bonds is 5. The average molecular weight is 332 g/mol. The van der Waals surface area contributed by atoms with Crippen molar-refractivity contribution < 1.29 is 13.3 Å². The third-order valence-electron chi connectivity index (χ3n) is 3.30. The van der Waals surface area contributed by atoms with E-state index in [1.807, 2.05) is 36.4 Å². The summed E-state index contributed by atoms with van der Waals surface area (Å²) in [5, 5.41) is 11.2. The molecule has 0 N–H and O–H groups in total. The van der Waals surface area contributed by atoms with Gasteiger partial charge in [-0.25, -0.2) is 8.42 Å². The third kappa shape index (κ3) is 4.17. The zero-order chi connectivity index (χ0) is 17.0. The predicted molar refractivity (Wildman–Crippen MR) is 91.7 cm³/mol. The summed E-state index contributed by atoms with van der Waals surface area (Å²) < 4.78 is 24.1. The van der Waals surface area contributed by atoms with E-state index in [0.29, 0.717) is 5.56 Å². The number of nitro benzene ring substituents is 1. The fourth-order valence-electron chi connectivity index (χ4n) is 1.99. The molecule has 2 rings (SSSR count). The average Bonchev–Trinajstić information content (AvgIpc) is 2.52. The Balaban J connectivity index is 2.40. The summed E-state index contributed by atoms with van der Waals surface area (Å²) in [5.74, 6) is 0. The summed E-state index contributed by atoms with van der Waals surface area (Å²) >= 11 is 0. The van der Waals surface area contributed by atoms with Gasteiger partial charge < -0.3 is 0 Å². The Hall–Kier alpha value is -2.67. The zero-order valence-electron chi connectivity index (χ0n) is 12.7. The normalized spacial score (nSPS) is 11.6. The molecular weight excluding hydrogens is 316 g/mol. The van der Waals surface area contributed by atoms with Crippen LogP contribution in [0.4, 0.5) is 11.4 Å². The van der Waals surface area contributed by atoms with Gasteiger partial charge >= 0.3 is 0 Å². The number of hydrogen-bond donors (Lipinski definition) is 0. The molecule has 23 heavy (non-hydrogen) atoms. The predicted octanol–water partition coefficient (Wildman–Crippen LogP) is 3.16. The Labute approximate surface area is 134 Å². The first kappa shape index (κ1) is 16.7. The molecule has 0 spiro atoms. The lowest BCUT2D eigenvalue weighted by molar-refractivity contribution is -0.384. The first-order valence-electron chi connectivity index (χ1n) is 6.74. The third-order valence-corrected chi connectivity index (χ3v) is 4.49. The van der Waals surface area contributed by atoms with E-state index in [9.17, 15) is 18.5 Å². The summed E-state index contributed by atoms with van der Waals surface area (Å²) in [4.78, 5) is 10.7. The van der Waals surface area contributed by atoms with Crippen molar-refractivity contribution in [3.8, 4) is 0 Å². The lowest BCUT2D eigenvalue weighted by Gasteiger charge is -2.16. The molecule has 0 aromatic heterocycles. The van der Waals surface area contributed by atoms with Crippen molar-refractivity contribution >= 4 is 33.6 Å². The highest BCUT2D eigenvalue weighted by molar-refractivity contribution is 7.92. The van der Waals surface area contributed by atoms with E-state index in [1.165, 1.54) is 19.2 Å². The van der Waals surface area contributed by atoms with Crippen LogP contribution in [0.3, 0.4) is 0 Å². The molecule has 0 saturated heterocycles. The van der Waals surface area contributed by atoms with Crippen molar-refractivity contribution in [1.29, 1.82) is 0 Å². The van der Waals surface area contributed by atoms with Gasteiger partial charge in [-0.2, -0.15) is 0 Å². The van der Waals surface area contributed by atoms with Gasteiger partial charge in [0, 0.05) is 13.1 Å². The largest absolute Gasteiger partial charge is 0.294 e. The van der Waals surface area contributed by atoms with Gasteiger partial charge in [-0.15, -0.1) is 0 Å². The summed E-state index contributed by atoms with van der Waals surface area (Å²) in [6.07, 6.45) is 4.57. The van der Waals surface area contributed by atoms with Crippen molar-refractivity contribution in [2.45, 2.75) is 0 Å². The van der Waals surface area contributed by atoms with Crippen molar-refractivity contribution in [3.63, 3.8) is 0 Å². The topological polar surface area (TPSA) is 80.5 Å². The molecule has 2 aromatic carbocycles. The van der Waals surface area contributed by atoms with Crippen molar-refractivity contribution in [1.82, 2.24) is 0 Å². The van der Waals surface area contributed by atoms with Gasteiger partial charge in [0.1, 0.15) is 5.69 Å². The molecule has 0 saturated carbocycles. The van der Waals surface area contributed by atoms with Crippen LogP contribution in [0.15, 0.2) is 48.5 Å². The van der Waals surface area contributed by atoms with E-state index in [0.717, 1.165) is 16.1 Å². The van der Waals surface area contributed by atoms with Crippen LogP contribution in [0.25, 0.3) is 12.2 Å². The standard InChI is InChI=1S/C16H16N2O4S/c1-17(23(2,21)22)15-11-10-14(12-16(15)18(19)20)9-8-13-6-4-3-5-7-13/h3-12H,1-2H3/b9-8+. The molecule has 0 aliphatic rings. The van der Waals surface area contributed by atoms with Crippen LogP contribution in [-0.4, -0.2) is 26.6 Å². The fourth-order valence-corrected chi connectivity index (χ4v) is 2.50. The maximum atomic E-state index is 11.6. The Morgan fingerprint density at radius 2 is 1.65 bits per heavy atom. The number of hydrogen-bond acceptors (Lipinski definition) is 4. The monoisotopic (exact) mass is 332 g/mol. The molecule has 0 bridgehead atoms. The molecule has 0 amide bonds. The minimum atomic E-state index is -3.57. The van der Waals surface area contributed by atoms with E-state index >= 15 is 0 Å². The number of sulfonamides is 1. The minimum absolute atomic E-state index is 0.0364. The maximum Gasteiger partial charge on any atom is 0.294 e. The van der Waals surface area contributed by atoms with Crippen molar-refractivity contribution in [2.75, 3.05) is 17.6 Å². The van der Waals surface area contributed by atoms with Gasteiger partial charge in [-0.1, -0.05) is 48.6 Å². The number of benzene rings is 2. The van der Waals surface area contributed by atoms with E-state index in [1.54, 1.807) is 12.1 Å². The molecule has 0 radical (unpaired) electrons. The van der Waals surface area contributed by atoms with Crippen LogP contribution < -0.4 is 4.31 Å². The van der Waals surface area contributed by atoms with Crippen molar-refractivity contribution in [3.05, 3.63) is 69.8 Å². The first-order chi connectivity index (χ1) is 10.8. The number of anilines is 1. The second-order valence-corrected chi connectivity index (χ2v) is 6.99. The molecular formula is C16H16N2O4S. The highest BCUT2D eigenvalue weighted by Gasteiger charge is 2.22. The van der Waals surface area contributed by atoms with Gasteiger partial charge in [0.2, 0.25) is 10.0 Å². The van der Waals surface area contributed by atoms with Crippen LogP contribution in [-0.2, 0) is 10.0 Å². The Kier molecular flexibility index (Phi) is 4.80. The summed E-state index contributed by atoms with van der Waals surface area (Å²) in [5.41, 5.74) is 1.36. The van der Waals surface area contributed by atoms with Gasteiger partial charge in [-0.3, -0.25) is 14.4 Å². The van der Waals surface area contributed by atoms with Crippen LogP contribution in [0.2, 0.25) is 0 Å². The summed E-state index contributed by atoms with van der Waals surface area (Å²) in [6.45, 7) is 0. The highest BCUT2D eigenvalue weighted by Crippen LogP contribution is 2.30. The van der Waals surface area contributed by atoms with Gasteiger partial charge in [0.05, 0.1) is 11.2 Å². The molecule has 120 valence electrons. The quantitative estimate of drug-likeness (QED) is 0.478. The number of nitrogens with zero attached hydrogens (tertiary/aromatic N) is 2. The molecule has 0 fully saturated rings. The molecule has 2 aromatic rings. The summed E-state index contributed by atoms with van der Waals surface area (Å²) in [7, 11) is -2.28. The molecule has 0 atom stereocenters. The maximum absolute atomic E-state index is 11.6. The van der Waals surface area contributed by atoms with E-state index in [2.05, 4.69) is 0 Å². The molecule has 0 unspecified atom stereocenters. The van der Waals surface area contributed by atoms with E-state index in [4.69, 9.17) is 0 Å². The highest BCUT2D eigenvalue weighted by atomic mass is 32.2. The second-order valence-electron chi connectivity index (χ2n) is 4.98. The van der Waals surface area contributed by atoms with Crippen LogP contribution in [0.1, 0.15) is 11.1 Å². The van der Waals surface area contributed by atoms with E-state index in [-0.39, 0.29) is 11.4 Å². The Bertz CT molecular complexity index is 846. The molecule has 7 heteroatoms. The lowest BCUT2D eigenvalue weighted by atomic mass is 10.1. The molecule has 0 heterocycles. The SMILES string of the molecule is CN(c1ccc(/C=C/c2ccccc2)cc1[N+](=O)[O-])S(C)(=O)=O. The molecule has 0 aliphatic heterocycles. The van der Waals surface area contributed by atoms with Crippen LogP contribution >= 0.6 is 0 Å². The fraction of sp³-hybridized carbons (Fsp3) is 0.125. The zero-order valence-corrected chi connectivity index (χ0v) is 13.5. The van der Waals surface area contributed by atoms with Gasteiger partial charge in [0.15, 0.2) is 0 Å². The smallest absolute Gasteiger partial charge is 0.267 e. The molecule has 0 aliphatic carbocycles. The van der Waals surface area contributed by atoms with Crippen molar-refractivity contribution in [2.24, 2.45) is 0 Å². The van der Waals surface area contributed by atoms with Gasteiger partial charge in [0.25, 0.3) is 5.69 Å². The Morgan fingerprint density at radius 3 is 2.22 bits per heavy atom. The second kappa shape index (κ2) is 6.62. The van der Waals surface area contributed by atoms with E-state index < -0.39 is 14.9 Å². The molecule has 6 nitrogen and oxygen atoms in total. The van der Waals surface area contributed by atoms with Gasteiger partial charge in [-0.05, 0) is 17.2 Å². The lowest BCUT2D eigenvalue weighted by Crippen LogP contribution is -2.25. The summed E-state index contributed by atoms with van der Waals surface area (Å²) in [6, 6.07) is 14.0.